The summed E-state index contributed by atoms with van der Waals surface area (Å²) >= 11 is 0. The summed E-state index contributed by atoms with van der Waals surface area (Å²) in [5.41, 5.74) is -0.145. The van der Waals surface area contributed by atoms with E-state index >= 15 is 0 Å². The molecule has 1 fully saturated rings. The third-order valence-electron chi connectivity index (χ3n) is 4.03. The van der Waals surface area contributed by atoms with E-state index in [4.69, 9.17) is 4.74 Å². The van der Waals surface area contributed by atoms with Crippen LogP contribution in [0.4, 0.5) is 13.2 Å². The Morgan fingerprint density at radius 3 is 2.71 bits per heavy atom. The summed E-state index contributed by atoms with van der Waals surface area (Å²) in [6.07, 6.45) is -3.70. The van der Waals surface area contributed by atoms with Crippen LogP contribution in [0.15, 0.2) is 18.2 Å². The number of methoxy groups -OCH3 is 1. The second-order valence-corrected chi connectivity index (χ2v) is 6.49. The summed E-state index contributed by atoms with van der Waals surface area (Å²) in [5.74, 6) is -0.542. The lowest BCUT2D eigenvalue weighted by Crippen LogP contribution is -2.51. The molecule has 0 bridgehead atoms. The molecule has 134 valence electrons. The zero-order valence-corrected chi connectivity index (χ0v) is 13.9. The molecule has 0 aliphatic carbocycles. The Kier molecular flexibility index (Phi) is 5.37. The number of alkyl halides is 3. The van der Waals surface area contributed by atoms with E-state index in [1.807, 2.05) is 13.8 Å². The van der Waals surface area contributed by atoms with Crippen molar-refractivity contribution in [3.8, 4) is 5.88 Å². The lowest BCUT2D eigenvalue weighted by molar-refractivity contribution is -0.154. The minimum atomic E-state index is -4.45. The largest absolute Gasteiger partial charge is 0.468 e. The van der Waals surface area contributed by atoms with Crippen LogP contribution < -0.4 is 4.74 Å². The van der Waals surface area contributed by atoms with Gasteiger partial charge in [0.1, 0.15) is 5.69 Å². The van der Waals surface area contributed by atoms with Gasteiger partial charge in [-0.2, -0.15) is 13.2 Å². The number of hydrogen-bond acceptors (Lipinski definition) is 4. The van der Waals surface area contributed by atoms with Gasteiger partial charge in [0.05, 0.1) is 6.10 Å². The molecule has 1 unspecified atom stereocenters. The van der Waals surface area contributed by atoms with Crippen molar-refractivity contribution >= 4 is 5.91 Å². The van der Waals surface area contributed by atoms with Crippen molar-refractivity contribution in [2.75, 3.05) is 26.8 Å². The van der Waals surface area contributed by atoms with Gasteiger partial charge in [0.15, 0.2) is 6.61 Å². The number of rotatable bonds is 4. The van der Waals surface area contributed by atoms with E-state index in [-0.39, 0.29) is 29.0 Å². The third kappa shape index (κ3) is 4.59. The number of hydrogen-bond donors (Lipinski definition) is 0. The Hall–Kier alpha value is -1.83. The molecule has 0 saturated carbocycles. The first-order chi connectivity index (χ1) is 11.1. The molecule has 0 aromatic carbocycles. The predicted octanol–water partition coefficient (Wildman–Crippen LogP) is 2.91. The molecule has 8 heteroatoms. The van der Waals surface area contributed by atoms with Crippen LogP contribution in [-0.4, -0.2) is 54.9 Å². The van der Waals surface area contributed by atoms with Crippen molar-refractivity contribution in [2.24, 2.45) is 5.41 Å². The first-order valence-electron chi connectivity index (χ1n) is 7.61. The smallest absolute Gasteiger partial charge is 0.422 e. The second-order valence-electron chi connectivity index (χ2n) is 6.49. The molecular weight excluding hydrogens is 325 g/mol. The summed E-state index contributed by atoms with van der Waals surface area (Å²) in [4.78, 5) is 18.1. The number of pyridine rings is 1. The van der Waals surface area contributed by atoms with Crippen molar-refractivity contribution in [3.05, 3.63) is 23.9 Å². The van der Waals surface area contributed by atoms with Gasteiger partial charge in [-0.25, -0.2) is 4.98 Å². The molecule has 1 aliphatic heterocycles. The maximum Gasteiger partial charge on any atom is 0.422 e. The molecule has 1 saturated heterocycles. The Balaban J connectivity index is 2.07. The second kappa shape index (κ2) is 6.96. The maximum absolute atomic E-state index is 12.6. The number of halogens is 3. The summed E-state index contributed by atoms with van der Waals surface area (Å²) in [5, 5.41) is 0. The van der Waals surface area contributed by atoms with Crippen LogP contribution >= 0.6 is 0 Å². The predicted molar refractivity (Wildman–Crippen MR) is 80.9 cm³/mol. The summed E-state index contributed by atoms with van der Waals surface area (Å²) in [6.45, 7) is 3.58. The van der Waals surface area contributed by atoms with Gasteiger partial charge in [0.25, 0.3) is 5.91 Å². The van der Waals surface area contributed by atoms with Crippen molar-refractivity contribution in [1.29, 1.82) is 0 Å². The fraction of sp³-hybridized carbons (Fsp3) is 0.625. The summed E-state index contributed by atoms with van der Waals surface area (Å²) in [6, 6.07) is 4.22. The molecule has 1 aromatic rings. The van der Waals surface area contributed by atoms with Crippen LogP contribution in [0.3, 0.4) is 0 Å². The van der Waals surface area contributed by atoms with Crippen LogP contribution in [0.1, 0.15) is 30.8 Å². The number of nitrogens with zero attached hydrogens (tertiary/aromatic N) is 2. The molecule has 24 heavy (non-hydrogen) atoms. The highest BCUT2D eigenvalue weighted by atomic mass is 19.4. The van der Waals surface area contributed by atoms with Crippen LogP contribution in [-0.2, 0) is 4.74 Å². The minimum absolute atomic E-state index is 0.0518. The lowest BCUT2D eigenvalue weighted by atomic mass is 9.81. The molecule has 2 rings (SSSR count). The number of likely N-dealkylation sites (tertiary alicyclic amines) is 1. The number of carbonyl (C=O) groups excluding carboxylic acids is 1. The molecule has 0 N–H and O–H groups in total. The molecule has 0 spiro atoms. The summed E-state index contributed by atoms with van der Waals surface area (Å²) < 4.78 is 46.7. The molecular formula is C16H21F3N2O3. The fourth-order valence-electron chi connectivity index (χ4n) is 2.88. The normalized spacial score (nSPS) is 20.8. The summed E-state index contributed by atoms with van der Waals surface area (Å²) in [7, 11) is 1.65. The zero-order valence-electron chi connectivity index (χ0n) is 13.9. The Labute approximate surface area is 138 Å². The lowest BCUT2D eigenvalue weighted by Gasteiger charge is -2.43. The number of piperidine rings is 1. The average molecular weight is 346 g/mol. The number of carbonyl (C=O) groups is 1. The molecule has 2 heterocycles. The van der Waals surface area contributed by atoms with Crippen molar-refractivity contribution in [2.45, 2.75) is 32.5 Å². The standard InChI is InChI=1S/C16H21F3N2O3/c1-15(2)9-21(8-7-12(15)23-3)14(22)11-5-4-6-13(20-11)24-10-16(17,18)19/h4-6,12H,7-10H2,1-3H3. The van der Waals surface area contributed by atoms with Gasteiger partial charge in [-0.1, -0.05) is 19.9 Å². The average Bonchev–Trinajstić information content (AvgIpc) is 2.51. The quantitative estimate of drug-likeness (QED) is 0.841. The Bertz CT molecular complexity index is 590. The van der Waals surface area contributed by atoms with E-state index in [9.17, 15) is 18.0 Å². The topological polar surface area (TPSA) is 51.7 Å². The van der Waals surface area contributed by atoms with E-state index < -0.39 is 12.8 Å². The SMILES string of the molecule is COC1CCN(C(=O)c2cccc(OCC(F)(F)F)n2)CC1(C)C. The van der Waals surface area contributed by atoms with Crippen molar-refractivity contribution in [3.63, 3.8) is 0 Å². The van der Waals surface area contributed by atoms with Gasteiger partial charge in [-0.05, 0) is 12.5 Å². The number of aromatic nitrogens is 1. The maximum atomic E-state index is 12.6. The monoisotopic (exact) mass is 346 g/mol. The molecule has 1 aromatic heterocycles. The van der Waals surface area contributed by atoms with Crippen LogP contribution in [0.5, 0.6) is 5.88 Å². The van der Waals surface area contributed by atoms with Gasteiger partial charge in [-0.15, -0.1) is 0 Å². The highest BCUT2D eigenvalue weighted by molar-refractivity contribution is 5.92. The molecule has 5 nitrogen and oxygen atoms in total. The van der Waals surface area contributed by atoms with Crippen molar-refractivity contribution in [1.82, 2.24) is 9.88 Å². The van der Waals surface area contributed by atoms with E-state index in [1.165, 1.54) is 18.2 Å². The third-order valence-corrected chi connectivity index (χ3v) is 4.03. The van der Waals surface area contributed by atoms with E-state index in [2.05, 4.69) is 9.72 Å². The van der Waals surface area contributed by atoms with Gasteiger partial charge in [-0.3, -0.25) is 4.79 Å². The Morgan fingerprint density at radius 1 is 1.42 bits per heavy atom. The van der Waals surface area contributed by atoms with E-state index in [0.717, 1.165) is 0 Å². The van der Waals surface area contributed by atoms with Crippen LogP contribution in [0.2, 0.25) is 0 Å². The highest BCUT2D eigenvalue weighted by Gasteiger charge is 2.38. The minimum Gasteiger partial charge on any atom is -0.468 e. The number of amides is 1. The van der Waals surface area contributed by atoms with E-state index in [1.54, 1.807) is 12.0 Å². The molecule has 1 atom stereocenters. The molecule has 1 aliphatic rings. The zero-order chi connectivity index (χ0) is 18.0. The molecule has 1 amide bonds. The van der Waals surface area contributed by atoms with Crippen LogP contribution in [0, 0.1) is 5.41 Å². The van der Waals surface area contributed by atoms with Gasteiger partial charge in [0, 0.05) is 31.7 Å². The first-order valence-corrected chi connectivity index (χ1v) is 7.61. The fourth-order valence-corrected chi connectivity index (χ4v) is 2.88. The highest BCUT2D eigenvalue weighted by Crippen LogP contribution is 2.31. The van der Waals surface area contributed by atoms with Gasteiger partial charge < -0.3 is 14.4 Å². The van der Waals surface area contributed by atoms with Gasteiger partial charge >= 0.3 is 6.18 Å². The van der Waals surface area contributed by atoms with Crippen LogP contribution in [0.25, 0.3) is 0 Å². The Morgan fingerprint density at radius 2 is 2.12 bits per heavy atom. The molecule has 0 radical (unpaired) electrons. The van der Waals surface area contributed by atoms with Gasteiger partial charge in [0.2, 0.25) is 5.88 Å². The van der Waals surface area contributed by atoms with Crippen molar-refractivity contribution < 1.29 is 27.4 Å². The van der Waals surface area contributed by atoms with E-state index in [0.29, 0.717) is 19.5 Å². The first kappa shape index (κ1) is 18.5. The number of ether oxygens (including phenoxy) is 2.